The largest absolute Gasteiger partial charge is 0.0651 e. The molecular weight excluding hydrogens is 1430 g/mol. The van der Waals surface area contributed by atoms with Crippen molar-refractivity contribution in [2.24, 2.45) is 390 Å². The molecule has 0 heteroatoms. The number of rotatable bonds is 17. The van der Waals surface area contributed by atoms with Crippen molar-refractivity contribution < 1.29 is 0 Å². The predicted octanol–water partition coefficient (Wildman–Crippen LogP) is 30.4. The molecule has 66 atom stereocenters. The topological polar surface area (TPSA) is 0 Å². The highest BCUT2D eigenvalue weighted by Crippen LogP contribution is 3.18. The third kappa shape index (κ3) is 6.75. The van der Waals surface area contributed by atoms with E-state index in [4.69, 9.17) is 0 Å². The van der Waals surface area contributed by atoms with Crippen molar-refractivity contribution in [3.63, 3.8) is 0 Å². The van der Waals surface area contributed by atoms with Crippen molar-refractivity contribution in [2.75, 3.05) is 0 Å². The molecule has 0 nitrogen and oxygen atoms in total. The SMILES string of the molecule is CCC(C)C(C)C(C)C(C1C(CC)C2C(C)C(C)C(CC)(C(C)(CC)C3C(C)C2C(CC)CC3C2CC3C(CCC4CCC4C4CCC5C(C)C(C)C54)C(C)C32)C2(C)C(C)C(C)C(C)C(C)(C1C)C2(C)CC)C1C2C3C4C(C5CCCC5)CC56C(C)CC7C8CC9CC%10C%11CC%12C(C3(C)C23C1C1C2CC(C)C2(C)C13C)C12C(C45)C6C7C1C8C9%10C%11%122. The zero-order valence-corrected chi connectivity index (χ0v) is 82.6. The summed E-state index contributed by atoms with van der Waals surface area (Å²) in [6.07, 6.45) is 37.6. The van der Waals surface area contributed by atoms with Crippen molar-refractivity contribution in [3.05, 3.63) is 0 Å². The van der Waals surface area contributed by atoms with Crippen LogP contribution in [0.4, 0.5) is 0 Å². The molecule has 119 heavy (non-hydrogen) atoms. The third-order valence-electron chi connectivity index (χ3n) is 63.1. The van der Waals surface area contributed by atoms with Gasteiger partial charge in [0.25, 0.3) is 0 Å². The molecule has 0 aromatic heterocycles. The van der Waals surface area contributed by atoms with Gasteiger partial charge in [0, 0.05) is 0 Å². The maximum absolute atomic E-state index is 3.48. The number of hydrogen-bond acceptors (Lipinski definition) is 0. The molecule has 0 saturated heterocycles. The van der Waals surface area contributed by atoms with E-state index in [1.165, 1.54) is 62.2 Å². The van der Waals surface area contributed by atoms with Gasteiger partial charge in [-0.05, 0) is 499 Å². The van der Waals surface area contributed by atoms with Crippen LogP contribution in [-0.2, 0) is 0 Å². The van der Waals surface area contributed by atoms with Gasteiger partial charge in [-0.1, -0.05) is 239 Å². The lowest BCUT2D eigenvalue weighted by Crippen LogP contribution is -3.04. The molecule has 5 spiro atoms. The van der Waals surface area contributed by atoms with Gasteiger partial charge in [-0.25, -0.2) is 0 Å². The number of hydrogen-bond donors (Lipinski definition) is 0. The molecule has 27 fully saturated rings. The Morgan fingerprint density at radius 3 is 1.69 bits per heavy atom. The van der Waals surface area contributed by atoms with Crippen LogP contribution >= 0.6 is 0 Å². The minimum atomic E-state index is 0.147. The van der Waals surface area contributed by atoms with Gasteiger partial charge in [0.05, 0.1) is 0 Å². The standard InChI is InChI=1S/C119H186/c1-29-53(7)56(10)58(12)91(95-103-98-85-46-54(8)109(85,24)113(98,28)119(103)104(95)99-94-82(69-37-35-36-38-69)52-114-55(9)45-77-81-48-71-49-83-84-51-86-106(111(99,119)26)117-102(93(77)100(114)105(117)101(94)114)97(81)116(71,83)118(84,86)117)92-67(21)110(25)64(18)60(14)65(19)112(27,108(110,23)33-5)115(34-6)66(20)61(15)90(72(92)31-3)87-63(17)96(107(115,22)32-4)80(47-68(87)30-2)79-50-78-73(62(16)89(78)79)41-39-70-40-42-75(70)76-44-43-74-57(11)59(13)88(74)76/h53-106H,29-52H2,1-28H3. The first kappa shape index (κ1) is 78.8. The van der Waals surface area contributed by atoms with Crippen molar-refractivity contribution in [3.8, 4) is 0 Å². The minimum absolute atomic E-state index is 0.147. The average Bonchev–Trinajstić information content (AvgIpc) is 1.38. The lowest BCUT2D eigenvalue weighted by molar-refractivity contribution is -0.608. The molecule has 662 valence electrons. The summed E-state index contributed by atoms with van der Waals surface area (Å²) in [5.41, 5.74) is 6.11. The van der Waals surface area contributed by atoms with Crippen molar-refractivity contribution in [1.29, 1.82) is 0 Å². The molecule has 0 aromatic carbocycles. The van der Waals surface area contributed by atoms with Crippen LogP contribution in [0.1, 0.15) is 348 Å². The first-order valence-electron chi connectivity index (χ1n) is 56.7. The molecule has 0 heterocycles. The quantitative estimate of drug-likeness (QED) is 0.136. The van der Waals surface area contributed by atoms with Crippen LogP contribution in [0.25, 0.3) is 0 Å². The monoisotopic (exact) mass is 1620 g/mol. The van der Waals surface area contributed by atoms with Gasteiger partial charge >= 0.3 is 0 Å². The Hall–Kier alpha value is 0. The van der Waals surface area contributed by atoms with Gasteiger partial charge in [0.15, 0.2) is 0 Å². The van der Waals surface area contributed by atoms with Crippen LogP contribution in [-0.4, -0.2) is 0 Å². The summed E-state index contributed by atoms with van der Waals surface area (Å²) in [6, 6.07) is 0. The molecule has 0 aliphatic heterocycles. The Morgan fingerprint density at radius 1 is 0.353 bits per heavy atom. The summed E-state index contributed by atoms with van der Waals surface area (Å²) < 4.78 is 0. The van der Waals surface area contributed by atoms with Gasteiger partial charge in [-0.3, -0.25) is 0 Å². The maximum Gasteiger partial charge on any atom is -0.0105 e. The molecule has 27 aliphatic carbocycles. The first-order valence-corrected chi connectivity index (χ1v) is 56.7. The summed E-state index contributed by atoms with van der Waals surface area (Å²) in [4.78, 5) is 0. The van der Waals surface area contributed by atoms with Gasteiger partial charge in [0.2, 0.25) is 0 Å². The molecule has 27 rings (SSSR count). The Morgan fingerprint density at radius 2 is 1.03 bits per heavy atom. The van der Waals surface area contributed by atoms with Crippen LogP contribution < -0.4 is 0 Å². The summed E-state index contributed by atoms with van der Waals surface area (Å²) in [6.45, 7) is 84.9. The van der Waals surface area contributed by atoms with E-state index in [-0.39, 0.29) is 27.1 Å². The molecule has 66 unspecified atom stereocenters. The smallest absolute Gasteiger partial charge is 0.0105 e. The van der Waals surface area contributed by atoms with Gasteiger partial charge in [0.1, 0.15) is 0 Å². The fraction of sp³-hybridized carbons (Fsp3) is 1.00. The van der Waals surface area contributed by atoms with Gasteiger partial charge in [-0.15, -0.1) is 0 Å². The molecule has 27 saturated carbocycles. The molecular formula is C119H186. The Labute approximate surface area is 733 Å². The van der Waals surface area contributed by atoms with Gasteiger partial charge < -0.3 is 0 Å². The Bertz CT molecular complexity index is 4240. The zero-order chi connectivity index (χ0) is 82.6. The summed E-state index contributed by atoms with van der Waals surface area (Å²) in [5, 5.41) is 0. The highest BCUT2D eigenvalue weighted by Gasteiger charge is 3.14. The first-order chi connectivity index (χ1) is 56.7. The predicted molar refractivity (Wildman–Crippen MR) is 490 cm³/mol. The third-order valence-corrected chi connectivity index (χ3v) is 63.1. The lowest BCUT2D eigenvalue weighted by Gasteiger charge is -3.07. The van der Waals surface area contributed by atoms with Gasteiger partial charge in [-0.2, -0.15) is 0 Å². The van der Waals surface area contributed by atoms with E-state index in [0.29, 0.717) is 62.6 Å². The highest BCUT2D eigenvalue weighted by atomic mass is 15.2. The number of fused-ring (bicyclic) bond motifs is 23. The summed E-state index contributed by atoms with van der Waals surface area (Å²) in [7, 11) is 0. The Kier molecular flexibility index (Phi) is 15.3. The van der Waals surface area contributed by atoms with Crippen LogP contribution in [0.3, 0.4) is 0 Å². The summed E-state index contributed by atoms with van der Waals surface area (Å²) in [5.74, 6) is 51.6. The fourth-order valence-electron chi connectivity index (χ4n) is 59.7. The second-order valence-electron chi connectivity index (χ2n) is 58.3. The van der Waals surface area contributed by atoms with E-state index < -0.39 is 0 Å². The second kappa shape index (κ2) is 23.2. The van der Waals surface area contributed by atoms with E-state index in [1.54, 1.807) is 116 Å². The van der Waals surface area contributed by atoms with Crippen LogP contribution in [0, 0.1) is 390 Å². The fourth-order valence-corrected chi connectivity index (χ4v) is 59.7. The molecule has 0 radical (unpaired) electrons. The highest BCUT2D eigenvalue weighted by molar-refractivity contribution is 5.60. The molecule has 0 aromatic rings. The van der Waals surface area contributed by atoms with Crippen LogP contribution in [0.15, 0.2) is 0 Å². The van der Waals surface area contributed by atoms with E-state index in [0.717, 1.165) is 277 Å². The van der Waals surface area contributed by atoms with Crippen molar-refractivity contribution >= 4 is 0 Å². The second-order valence-corrected chi connectivity index (χ2v) is 58.3. The molecule has 6 bridgehead atoms. The van der Waals surface area contributed by atoms with Crippen molar-refractivity contribution in [1.82, 2.24) is 0 Å². The maximum atomic E-state index is 3.48. The van der Waals surface area contributed by atoms with Crippen LogP contribution in [0.2, 0.25) is 0 Å². The lowest BCUT2D eigenvalue weighted by atomic mass is 8.97. The van der Waals surface area contributed by atoms with E-state index in [9.17, 15) is 0 Å². The summed E-state index contributed by atoms with van der Waals surface area (Å²) >= 11 is 0. The molecule has 0 N–H and O–H groups in total. The normalized spacial score (nSPS) is 72.5. The average molecular weight is 1620 g/mol. The Balaban J connectivity index is 0.640. The molecule has 0 amide bonds. The van der Waals surface area contributed by atoms with E-state index >= 15 is 0 Å². The zero-order valence-electron chi connectivity index (χ0n) is 82.6. The van der Waals surface area contributed by atoms with E-state index in [1.807, 2.05) is 0 Å². The minimum Gasteiger partial charge on any atom is -0.0651 e. The van der Waals surface area contributed by atoms with E-state index in [2.05, 4.69) is 194 Å². The van der Waals surface area contributed by atoms with Crippen LogP contribution in [0.5, 0.6) is 0 Å². The van der Waals surface area contributed by atoms with Crippen molar-refractivity contribution in [2.45, 2.75) is 348 Å². The molecule has 27 aliphatic rings.